The fourth-order valence-corrected chi connectivity index (χ4v) is 2.95. The molecule has 2 heterocycles. The number of carboxylic acids is 1. The second-order valence-electron chi connectivity index (χ2n) is 6.20. The van der Waals surface area contributed by atoms with E-state index in [4.69, 9.17) is 9.84 Å². The van der Waals surface area contributed by atoms with Gasteiger partial charge in [-0.3, -0.25) is 9.59 Å². The van der Waals surface area contributed by atoms with Crippen LogP contribution in [0, 0.1) is 0 Å². The fourth-order valence-electron chi connectivity index (χ4n) is 2.95. The van der Waals surface area contributed by atoms with E-state index in [-0.39, 0.29) is 12.1 Å². The monoisotopic (exact) mass is 344 g/mol. The van der Waals surface area contributed by atoms with E-state index in [1.165, 1.54) is 0 Å². The Labute approximate surface area is 144 Å². The Morgan fingerprint density at radius 3 is 2.64 bits per heavy atom. The molecule has 0 aliphatic carbocycles. The molecule has 1 aliphatic heterocycles. The van der Waals surface area contributed by atoms with Crippen LogP contribution >= 0.6 is 0 Å². The molecule has 2 aromatic rings. The van der Waals surface area contributed by atoms with Crippen molar-refractivity contribution in [2.75, 3.05) is 13.2 Å². The number of aliphatic carboxylic acids is 1. The first-order valence-corrected chi connectivity index (χ1v) is 8.12. The van der Waals surface area contributed by atoms with E-state index >= 15 is 0 Å². The number of hydrogen-bond donors (Lipinski definition) is 2. The van der Waals surface area contributed by atoms with Crippen LogP contribution < -0.4 is 5.32 Å². The minimum atomic E-state index is -0.949. The van der Waals surface area contributed by atoms with Gasteiger partial charge in [0.25, 0.3) is 5.91 Å². The van der Waals surface area contributed by atoms with Gasteiger partial charge in [0.1, 0.15) is 0 Å². The molecule has 0 atom stereocenters. The second kappa shape index (κ2) is 7.43. The second-order valence-corrected chi connectivity index (χ2v) is 6.20. The molecule has 25 heavy (non-hydrogen) atoms. The smallest absolute Gasteiger partial charge is 0.305 e. The standard InChI is InChI=1S/C17H20N4O4/c22-15(23)10-17(6-8-25-9-7-17)18-16(24)14-12-21(20-19-14)11-13-4-2-1-3-5-13/h1-5,12H,6-11H2,(H,18,24)(H,22,23). The topological polar surface area (TPSA) is 106 Å². The van der Waals surface area contributed by atoms with Crippen LogP contribution in [0.5, 0.6) is 0 Å². The first-order chi connectivity index (χ1) is 12.1. The Bertz CT molecular complexity index is 738. The maximum Gasteiger partial charge on any atom is 0.305 e. The molecule has 1 aromatic carbocycles. The SMILES string of the molecule is O=C(O)CC1(NC(=O)c2cn(Cc3ccccc3)nn2)CCOCC1. The third-order valence-electron chi connectivity index (χ3n) is 4.28. The number of benzene rings is 1. The van der Waals surface area contributed by atoms with Crippen molar-refractivity contribution in [3.63, 3.8) is 0 Å². The molecule has 1 aliphatic rings. The van der Waals surface area contributed by atoms with Gasteiger partial charge in [0.15, 0.2) is 5.69 Å². The van der Waals surface area contributed by atoms with Crippen molar-refractivity contribution in [2.24, 2.45) is 0 Å². The van der Waals surface area contributed by atoms with Crippen molar-refractivity contribution in [1.29, 1.82) is 0 Å². The highest BCUT2D eigenvalue weighted by Crippen LogP contribution is 2.25. The van der Waals surface area contributed by atoms with Crippen molar-refractivity contribution in [1.82, 2.24) is 20.3 Å². The molecule has 3 rings (SSSR count). The molecular formula is C17H20N4O4. The van der Waals surface area contributed by atoms with Gasteiger partial charge >= 0.3 is 5.97 Å². The maximum absolute atomic E-state index is 12.5. The zero-order valence-electron chi connectivity index (χ0n) is 13.7. The zero-order chi connectivity index (χ0) is 17.7. The molecule has 1 saturated heterocycles. The summed E-state index contributed by atoms with van der Waals surface area (Å²) < 4.78 is 6.87. The molecule has 1 fully saturated rings. The number of carboxylic acid groups (broad SMARTS) is 1. The number of carbonyl (C=O) groups excluding carboxylic acids is 1. The first-order valence-electron chi connectivity index (χ1n) is 8.12. The predicted octanol–water partition coefficient (Wildman–Crippen LogP) is 1.08. The van der Waals surface area contributed by atoms with E-state index in [1.54, 1.807) is 10.9 Å². The number of nitrogens with one attached hydrogen (secondary N) is 1. The molecule has 0 unspecified atom stereocenters. The summed E-state index contributed by atoms with van der Waals surface area (Å²) in [5.74, 6) is -1.36. The van der Waals surface area contributed by atoms with Crippen LogP contribution in [0.25, 0.3) is 0 Å². The van der Waals surface area contributed by atoms with Crippen LogP contribution in [-0.2, 0) is 16.1 Å². The summed E-state index contributed by atoms with van der Waals surface area (Å²) in [5.41, 5.74) is 0.419. The quantitative estimate of drug-likeness (QED) is 0.812. The summed E-state index contributed by atoms with van der Waals surface area (Å²) in [7, 11) is 0. The molecule has 0 saturated carbocycles. The lowest BCUT2D eigenvalue weighted by Crippen LogP contribution is -2.53. The van der Waals surface area contributed by atoms with E-state index < -0.39 is 17.4 Å². The number of nitrogens with zero attached hydrogens (tertiary/aromatic N) is 3. The van der Waals surface area contributed by atoms with Crippen LogP contribution in [0.2, 0.25) is 0 Å². The van der Waals surface area contributed by atoms with Gasteiger partial charge in [0, 0.05) is 13.2 Å². The molecule has 8 heteroatoms. The van der Waals surface area contributed by atoms with Gasteiger partial charge in [0.2, 0.25) is 0 Å². The normalized spacial score (nSPS) is 16.3. The van der Waals surface area contributed by atoms with Crippen molar-refractivity contribution in [3.05, 3.63) is 47.8 Å². The number of hydrogen-bond acceptors (Lipinski definition) is 5. The van der Waals surface area contributed by atoms with Crippen LogP contribution in [0.4, 0.5) is 0 Å². The van der Waals surface area contributed by atoms with E-state index in [0.717, 1.165) is 5.56 Å². The summed E-state index contributed by atoms with van der Waals surface area (Å²) in [6.07, 6.45) is 2.35. The molecule has 1 aromatic heterocycles. The first kappa shape index (κ1) is 17.1. The molecule has 0 spiro atoms. The van der Waals surface area contributed by atoms with Gasteiger partial charge in [-0.2, -0.15) is 0 Å². The summed E-state index contributed by atoms with van der Waals surface area (Å²) >= 11 is 0. The molecule has 132 valence electrons. The minimum Gasteiger partial charge on any atom is -0.481 e. The Kier molecular flexibility index (Phi) is 5.08. The Morgan fingerprint density at radius 2 is 1.96 bits per heavy atom. The lowest BCUT2D eigenvalue weighted by molar-refractivity contribution is -0.139. The van der Waals surface area contributed by atoms with Gasteiger partial charge in [-0.15, -0.1) is 5.10 Å². The van der Waals surface area contributed by atoms with Gasteiger partial charge in [-0.05, 0) is 18.4 Å². The lowest BCUT2D eigenvalue weighted by Gasteiger charge is -2.36. The van der Waals surface area contributed by atoms with Crippen LogP contribution in [0.3, 0.4) is 0 Å². The fraction of sp³-hybridized carbons (Fsp3) is 0.412. The average molecular weight is 344 g/mol. The number of carbonyl (C=O) groups is 2. The van der Waals surface area contributed by atoms with Crippen molar-refractivity contribution in [2.45, 2.75) is 31.3 Å². The van der Waals surface area contributed by atoms with Crippen molar-refractivity contribution < 1.29 is 19.4 Å². The zero-order valence-corrected chi connectivity index (χ0v) is 13.7. The molecule has 0 bridgehead atoms. The van der Waals surface area contributed by atoms with E-state index in [1.807, 2.05) is 30.3 Å². The van der Waals surface area contributed by atoms with E-state index in [2.05, 4.69) is 15.6 Å². The number of rotatable bonds is 6. The van der Waals surface area contributed by atoms with E-state index in [0.29, 0.717) is 32.6 Å². The molecular weight excluding hydrogens is 324 g/mol. The Balaban J connectivity index is 1.69. The van der Waals surface area contributed by atoms with Crippen LogP contribution in [0.15, 0.2) is 36.5 Å². The lowest BCUT2D eigenvalue weighted by atomic mass is 9.86. The third-order valence-corrected chi connectivity index (χ3v) is 4.28. The number of amides is 1. The highest BCUT2D eigenvalue weighted by molar-refractivity contribution is 5.92. The average Bonchev–Trinajstić information content (AvgIpc) is 3.04. The molecule has 0 radical (unpaired) electrons. The summed E-state index contributed by atoms with van der Waals surface area (Å²) in [4.78, 5) is 23.7. The van der Waals surface area contributed by atoms with E-state index in [9.17, 15) is 9.59 Å². The van der Waals surface area contributed by atoms with Gasteiger partial charge < -0.3 is 15.2 Å². The highest BCUT2D eigenvalue weighted by atomic mass is 16.5. The van der Waals surface area contributed by atoms with Crippen LogP contribution in [0.1, 0.15) is 35.3 Å². The minimum absolute atomic E-state index is 0.139. The summed E-state index contributed by atoms with van der Waals surface area (Å²) in [6.45, 7) is 1.36. The maximum atomic E-state index is 12.5. The Morgan fingerprint density at radius 1 is 1.24 bits per heavy atom. The molecule has 8 nitrogen and oxygen atoms in total. The summed E-state index contributed by atoms with van der Waals surface area (Å²) in [5, 5.41) is 19.9. The highest BCUT2D eigenvalue weighted by Gasteiger charge is 2.37. The molecule has 2 N–H and O–H groups in total. The van der Waals surface area contributed by atoms with Crippen LogP contribution in [-0.4, -0.2) is 50.7 Å². The predicted molar refractivity (Wildman–Crippen MR) is 88.1 cm³/mol. The van der Waals surface area contributed by atoms with Gasteiger partial charge in [-0.1, -0.05) is 35.5 Å². The van der Waals surface area contributed by atoms with Crippen molar-refractivity contribution >= 4 is 11.9 Å². The number of ether oxygens (including phenoxy) is 1. The van der Waals surface area contributed by atoms with Crippen molar-refractivity contribution in [3.8, 4) is 0 Å². The molecule has 1 amide bonds. The third kappa shape index (κ3) is 4.42. The Hall–Kier alpha value is -2.74. The van der Waals surface area contributed by atoms with Gasteiger partial charge in [-0.25, -0.2) is 4.68 Å². The van der Waals surface area contributed by atoms with Gasteiger partial charge in [0.05, 0.1) is 24.7 Å². The largest absolute Gasteiger partial charge is 0.481 e. The number of aromatic nitrogens is 3. The summed E-state index contributed by atoms with van der Waals surface area (Å²) in [6, 6.07) is 9.72.